The number of hydrogen-bond acceptors (Lipinski definition) is 4. The van der Waals surface area contributed by atoms with Gasteiger partial charge in [-0.1, -0.05) is 170 Å². The Balaban J connectivity index is 1.07. The Morgan fingerprint density at radius 2 is 1.06 bits per heavy atom. The van der Waals surface area contributed by atoms with E-state index in [-0.39, 0.29) is 0 Å². The minimum atomic E-state index is -0.429. The molecule has 298 valence electrons. The first kappa shape index (κ1) is 35.1. The Labute approximate surface area is 366 Å². The van der Waals surface area contributed by atoms with Crippen LogP contribution in [0.1, 0.15) is 22.9 Å². The summed E-state index contributed by atoms with van der Waals surface area (Å²) < 4.78 is 9.26. The third-order valence-electron chi connectivity index (χ3n) is 13.4. The number of amidine groups is 2. The van der Waals surface area contributed by atoms with Gasteiger partial charge >= 0.3 is 0 Å². The highest BCUT2D eigenvalue weighted by molar-refractivity contribution is 6.24. The van der Waals surface area contributed by atoms with Crippen LogP contribution < -0.4 is 5.32 Å². The summed E-state index contributed by atoms with van der Waals surface area (Å²) in [7, 11) is 0. The second-order valence-electron chi connectivity index (χ2n) is 17.0. The predicted octanol–water partition coefficient (Wildman–Crippen LogP) is 14.9. The summed E-state index contributed by atoms with van der Waals surface area (Å²) in [5.74, 6) is 1.40. The molecule has 5 nitrogen and oxygen atoms in total. The van der Waals surface area contributed by atoms with Crippen molar-refractivity contribution in [3.05, 3.63) is 223 Å². The van der Waals surface area contributed by atoms with E-state index in [9.17, 15) is 0 Å². The van der Waals surface area contributed by atoms with Crippen LogP contribution in [0, 0.1) is 0 Å². The number of fused-ring (bicyclic) bond motifs is 13. The number of hydrogen-bond donors (Lipinski definition) is 1. The molecule has 1 N–H and O–H groups in total. The van der Waals surface area contributed by atoms with Gasteiger partial charge in [-0.05, 0) is 78.8 Å². The van der Waals surface area contributed by atoms with Crippen molar-refractivity contribution in [2.24, 2.45) is 9.98 Å². The molecule has 0 saturated carbocycles. The van der Waals surface area contributed by atoms with Crippen molar-refractivity contribution >= 4 is 109 Å². The maximum atomic E-state index is 6.84. The molecule has 1 aliphatic heterocycles. The first-order valence-corrected chi connectivity index (χ1v) is 21.8. The van der Waals surface area contributed by atoms with Crippen molar-refractivity contribution in [2.75, 3.05) is 0 Å². The fraction of sp³-hybridized carbons (Fsp3) is 0.0169. The Morgan fingerprint density at radius 1 is 0.438 bits per heavy atom. The van der Waals surface area contributed by atoms with Gasteiger partial charge < -0.3 is 14.3 Å². The summed E-state index contributed by atoms with van der Waals surface area (Å²) in [6.45, 7) is 0. The fourth-order valence-electron chi connectivity index (χ4n) is 10.4. The monoisotopic (exact) mass is 816 g/mol. The lowest BCUT2D eigenvalue weighted by molar-refractivity contribution is 0.668. The van der Waals surface area contributed by atoms with Crippen LogP contribution in [0.5, 0.6) is 0 Å². The first-order valence-electron chi connectivity index (χ1n) is 21.8. The van der Waals surface area contributed by atoms with E-state index in [2.05, 4.69) is 210 Å². The van der Waals surface area contributed by atoms with Crippen LogP contribution in [0.4, 0.5) is 0 Å². The van der Waals surface area contributed by atoms with Crippen molar-refractivity contribution in [1.82, 2.24) is 9.88 Å². The van der Waals surface area contributed by atoms with Gasteiger partial charge in [-0.3, -0.25) is 0 Å². The molecular weight excluding hydrogens is 781 g/mol. The number of para-hydroxylation sites is 1. The van der Waals surface area contributed by atoms with E-state index in [0.717, 1.165) is 77.3 Å². The molecule has 0 bridgehead atoms. The van der Waals surface area contributed by atoms with Gasteiger partial charge in [0, 0.05) is 49.7 Å². The number of aromatic nitrogens is 1. The number of benzene rings is 11. The molecule has 0 amide bonds. The van der Waals surface area contributed by atoms with Crippen molar-refractivity contribution < 1.29 is 4.42 Å². The van der Waals surface area contributed by atoms with Gasteiger partial charge in [0.1, 0.15) is 23.2 Å². The van der Waals surface area contributed by atoms with Crippen molar-refractivity contribution in [1.29, 1.82) is 0 Å². The Hall–Kier alpha value is -8.54. The number of nitrogens with zero attached hydrogens (tertiary/aromatic N) is 3. The second kappa shape index (κ2) is 13.5. The molecule has 1 atom stereocenters. The molecule has 1 unspecified atom stereocenters. The number of furan rings is 1. The second-order valence-corrected chi connectivity index (χ2v) is 17.0. The van der Waals surface area contributed by atoms with Crippen LogP contribution in [0.25, 0.3) is 103 Å². The van der Waals surface area contributed by atoms with E-state index in [0.29, 0.717) is 5.84 Å². The molecule has 0 fully saturated rings. The lowest BCUT2D eigenvalue weighted by Gasteiger charge is -2.25. The fourth-order valence-corrected chi connectivity index (χ4v) is 10.4. The van der Waals surface area contributed by atoms with E-state index < -0.39 is 6.17 Å². The standard InChI is InChI=1S/C59H36N4O/c1-2-16-39-32-52-50(31-38(39)15-1)47-29-26-37-14-5-8-20-46(37)56(47)63(52)42-33-51(55-49-21-9-10-23-53(49)64-54(55)34-42)59-61-57(60-58(62-59)48-22-11-17-35-12-3-7-19-44(35)48)41-27-28-45-40(30-41)25-24-36-13-4-6-18-43(36)45/h1-34,58H,(H,60,61,62). The third-order valence-corrected chi connectivity index (χ3v) is 13.4. The van der Waals surface area contributed by atoms with Crippen molar-refractivity contribution in [3.8, 4) is 5.69 Å². The normalized spacial score (nSPS) is 14.4. The average molecular weight is 817 g/mol. The summed E-state index contributed by atoms with van der Waals surface area (Å²) >= 11 is 0. The molecule has 0 aliphatic carbocycles. The Bertz CT molecular complexity index is 4180. The van der Waals surface area contributed by atoms with Crippen LogP contribution in [0.2, 0.25) is 0 Å². The largest absolute Gasteiger partial charge is 0.456 e. The molecule has 2 aromatic heterocycles. The minimum absolute atomic E-state index is 0.429. The number of rotatable bonds is 4. The van der Waals surface area contributed by atoms with Gasteiger partial charge in [0.2, 0.25) is 0 Å². The van der Waals surface area contributed by atoms with E-state index >= 15 is 0 Å². The van der Waals surface area contributed by atoms with Gasteiger partial charge in [0.25, 0.3) is 0 Å². The molecule has 11 aromatic carbocycles. The molecule has 5 heteroatoms. The van der Waals surface area contributed by atoms with E-state index in [1.807, 2.05) is 6.07 Å². The highest BCUT2D eigenvalue weighted by Crippen LogP contribution is 2.42. The number of nitrogens with one attached hydrogen (secondary N) is 1. The third kappa shape index (κ3) is 5.25. The van der Waals surface area contributed by atoms with Gasteiger partial charge in [0.15, 0.2) is 5.84 Å². The Kier molecular flexibility index (Phi) is 7.39. The minimum Gasteiger partial charge on any atom is -0.456 e. The molecule has 14 rings (SSSR count). The number of aliphatic imine (C=N–C) groups is 2. The molecule has 3 heterocycles. The Morgan fingerprint density at radius 3 is 1.91 bits per heavy atom. The van der Waals surface area contributed by atoms with Crippen LogP contribution >= 0.6 is 0 Å². The van der Waals surface area contributed by atoms with Crippen molar-refractivity contribution in [2.45, 2.75) is 6.17 Å². The quantitative estimate of drug-likeness (QED) is 0.180. The zero-order valence-corrected chi connectivity index (χ0v) is 34.5. The lowest BCUT2D eigenvalue weighted by atomic mass is 9.98. The van der Waals surface area contributed by atoms with E-state index in [4.69, 9.17) is 14.4 Å². The lowest BCUT2D eigenvalue weighted by Crippen LogP contribution is -2.33. The summed E-state index contributed by atoms with van der Waals surface area (Å²) in [5, 5.41) is 20.1. The van der Waals surface area contributed by atoms with E-state index in [1.54, 1.807) is 0 Å². The zero-order chi connectivity index (χ0) is 41.9. The van der Waals surface area contributed by atoms with Crippen molar-refractivity contribution in [3.63, 3.8) is 0 Å². The molecule has 0 saturated heterocycles. The van der Waals surface area contributed by atoms with Crippen LogP contribution in [0.15, 0.2) is 221 Å². The SMILES string of the molecule is c1ccc2cc3c(cc2c1)c1ccc2ccccc2c1n3-c1cc(C2=NC(c3cccc4ccccc34)NC(c3ccc4c(ccc5ccccc54)c3)=N2)c2c(c1)oc1ccccc12. The van der Waals surface area contributed by atoms with Gasteiger partial charge in [-0.25, -0.2) is 9.98 Å². The first-order chi connectivity index (χ1) is 31.7. The van der Waals surface area contributed by atoms with Gasteiger partial charge in [-0.2, -0.15) is 0 Å². The smallest absolute Gasteiger partial charge is 0.160 e. The summed E-state index contributed by atoms with van der Waals surface area (Å²) in [5.41, 5.74) is 7.84. The van der Waals surface area contributed by atoms with Gasteiger partial charge in [-0.15, -0.1) is 0 Å². The average Bonchev–Trinajstić information content (AvgIpc) is 3.90. The van der Waals surface area contributed by atoms with Crippen LogP contribution in [-0.4, -0.2) is 16.2 Å². The van der Waals surface area contributed by atoms with Gasteiger partial charge in [0.05, 0.1) is 16.7 Å². The zero-order valence-electron chi connectivity index (χ0n) is 34.5. The molecular formula is C59H36N4O. The molecule has 1 aliphatic rings. The molecule has 0 spiro atoms. The topological polar surface area (TPSA) is 54.8 Å². The predicted molar refractivity (Wildman–Crippen MR) is 267 cm³/mol. The summed E-state index contributed by atoms with van der Waals surface area (Å²) in [4.78, 5) is 11.1. The maximum Gasteiger partial charge on any atom is 0.160 e. The van der Waals surface area contributed by atoms with Crippen LogP contribution in [0.3, 0.4) is 0 Å². The summed E-state index contributed by atoms with van der Waals surface area (Å²) in [6.07, 6.45) is -0.429. The highest BCUT2D eigenvalue weighted by atomic mass is 16.3. The highest BCUT2D eigenvalue weighted by Gasteiger charge is 2.27. The maximum absolute atomic E-state index is 6.84. The summed E-state index contributed by atoms with van der Waals surface area (Å²) in [6, 6.07) is 74.0. The van der Waals surface area contributed by atoms with Crippen LogP contribution in [-0.2, 0) is 0 Å². The molecule has 0 radical (unpaired) electrons. The van der Waals surface area contributed by atoms with E-state index in [1.165, 1.54) is 48.5 Å². The molecule has 64 heavy (non-hydrogen) atoms. The molecule has 13 aromatic rings.